The van der Waals surface area contributed by atoms with E-state index in [1.807, 2.05) is 13.2 Å². The third-order valence-electron chi connectivity index (χ3n) is 1.44. The lowest BCUT2D eigenvalue weighted by molar-refractivity contribution is -0.730. The van der Waals surface area contributed by atoms with Crippen molar-refractivity contribution in [1.82, 2.24) is 10.3 Å². The second-order valence-electron chi connectivity index (χ2n) is 2.90. The van der Waals surface area contributed by atoms with Gasteiger partial charge in [-0.25, -0.2) is 0 Å². The van der Waals surface area contributed by atoms with E-state index in [9.17, 15) is 4.21 Å². The molecule has 0 radical (unpaired) electrons. The quantitative estimate of drug-likeness (QED) is 0.626. The Morgan fingerprint density at radius 2 is 2.50 bits per heavy atom. The first-order valence-corrected chi connectivity index (χ1v) is 5.72. The Morgan fingerprint density at radius 1 is 1.83 bits per heavy atom. The van der Waals surface area contributed by atoms with Crippen LogP contribution in [0.1, 0.15) is 5.69 Å². The predicted molar refractivity (Wildman–Crippen MR) is 45.1 cm³/mol. The Morgan fingerprint density at radius 3 is 2.92 bits per heavy atom. The first-order chi connectivity index (χ1) is 5.47. The largest absolute Gasteiger partial charge is 0.253 e. The second kappa shape index (κ2) is 3.22. The van der Waals surface area contributed by atoms with Crippen molar-refractivity contribution in [2.75, 3.05) is 12.0 Å². The Kier molecular flexibility index (Phi) is 2.46. The first-order valence-electron chi connectivity index (χ1n) is 3.59. The molecule has 0 fully saturated rings. The van der Waals surface area contributed by atoms with Gasteiger partial charge in [0.05, 0.1) is 0 Å². The van der Waals surface area contributed by atoms with Gasteiger partial charge in [-0.2, -0.15) is 4.68 Å². The van der Waals surface area contributed by atoms with E-state index < -0.39 is 9.73 Å². The number of aryl methyl sites for hydroxylation is 2. The Balaban J connectivity index is 2.55. The van der Waals surface area contributed by atoms with Crippen LogP contribution in [0.2, 0.25) is 0 Å². The molecule has 1 unspecified atom stereocenters. The van der Waals surface area contributed by atoms with Gasteiger partial charge in [-0.05, 0) is 0 Å². The molecule has 1 atom stereocenters. The summed E-state index contributed by atoms with van der Waals surface area (Å²) in [6.07, 6.45) is 3.86. The summed E-state index contributed by atoms with van der Waals surface area (Å²) in [7, 11) is -0.542. The molecule has 0 bridgehead atoms. The van der Waals surface area contributed by atoms with Gasteiger partial charge in [-0.1, -0.05) is 5.21 Å². The fourth-order valence-electron chi connectivity index (χ4n) is 0.844. The second-order valence-corrected chi connectivity index (χ2v) is 5.32. The molecular weight excluding hydrogens is 176 g/mol. The van der Waals surface area contributed by atoms with Gasteiger partial charge < -0.3 is 0 Å². The molecule has 1 aromatic rings. The summed E-state index contributed by atoms with van der Waals surface area (Å²) in [5.74, 6) is 0.373. The Bertz CT molecular complexity index is 353. The van der Waals surface area contributed by atoms with Crippen molar-refractivity contribution in [3.05, 3.63) is 11.9 Å². The van der Waals surface area contributed by atoms with Crippen LogP contribution < -0.4 is 4.68 Å². The summed E-state index contributed by atoms with van der Waals surface area (Å²) in [6, 6.07) is 0. The Labute approximate surface area is 71.8 Å². The van der Waals surface area contributed by atoms with Crippen LogP contribution in [0, 0.1) is 4.78 Å². The molecule has 0 saturated carbocycles. The van der Waals surface area contributed by atoms with E-state index in [-0.39, 0.29) is 0 Å². The molecule has 68 valence electrons. The zero-order chi connectivity index (χ0) is 9.19. The molecule has 5 nitrogen and oxygen atoms in total. The molecule has 0 aliphatic heterocycles. The molecule has 0 amide bonds. The van der Waals surface area contributed by atoms with Crippen molar-refractivity contribution in [3.8, 4) is 0 Å². The maximum Gasteiger partial charge on any atom is 0.219 e. The SMILES string of the molecule is C[n+]1cc(CCS(C)(=N)=O)n[nH]1. The van der Waals surface area contributed by atoms with Gasteiger partial charge in [0, 0.05) is 33.3 Å². The lowest BCUT2D eigenvalue weighted by atomic mass is 10.4. The zero-order valence-corrected chi connectivity index (χ0v) is 8.02. The lowest BCUT2D eigenvalue weighted by Crippen LogP contribution is -2.28. The fraction of sp³-hybridized carbons (Fsp3) is 0.667. The zero-order valence-electron chi connectivity index (χ0n) is 7.20. The van der Waals surface area contributed by atoms with E-state index in [0.717, 1.165) is 5.69 Å². The molecule has 12 heavy (non-hydrogen) atoms. The highest BCUT2D eigenvalue weighted by molar-refractivity contribution is 7.91. The van der Waals surface area contributed by atoms with Crippen molar-refractivity contribution >= 4 is 9.73 Å². The van der Waals surface area contributed by atoms with E-state index in [4.69, 9.17) is 4.78 Å². The molecule has 1 rings (SSSR count). The highest BCUT2D eigenvalue weighted by atomic mass is 32.2. The summed E-state index contributed by atoms with van der Waals surface area (Å²) in [5.41, 5.74) is 0.847. The summed E-state index contributed by atoms with van der Waals surface area (Å²) in [5, 5.41) is 6.67. The van der Waals surface area contributed by atoms with Crippen LogP contribution in [0.25, 0.3) is 0 Å². The van der Waals surface area contributed by atoms with Crippen LogP contribution >= 0.6 is 0 Å². The molecule has 2 N–H and O–H groups in total. The third-order valence-corrected chi connectivity index (χ3v) is 2.42. The third kappa shape index (κ3) is 3.00. The molecule has 1 aromatic heterocycles. The van der Waals surface area contributed by atoms with Crippen molar-refractivity contribution < 1.29 is 8.89 Å². The van der Waals surface area contributed by atoms with Crippen LogP contribution in [0.3, 0.4) is 0 Å². The van der Waals surface area contributed by atoms with E-state index in [1.54, 1.807) is 4.68 Å². The topological polar surface area (TPSA) is 73.5 Å². The van der Waals surface area contributed by atoms with E-state index in [2.05, 4.69) is 10.3 Å². The van der Waals surface area contributed by atoms with Crippen LogP contribution in [0.4, 0.5) is 0 Å². The summed E-state index contributed by atoms with van der Waals surface area (Å²) in [6.45, 7) is 0. The number of nitrogens with one attached hydrogen (secondary N) is 2. The number of aromatic amines is 1. The molecule has 0 aliphatic rings. The summed E-state index contributed by atoms with van der Waals surface area (Å²) >= 11 is 0. The maximum absolute atomic E-state index is 11.0. The molecule has 0 aliphatic carbocycles. The number of rotatable bonds is 3. The van der Waals surface area contributed by atoms with E-state index in [0.29, 0.717) is 12.2 Å². The monoisotopic (exact) mass is 189 g/mol. The number of hydrogen-bond donors (Lipinski definition) is 2. The molecular formula is C6H13N4OS+. The van der Waals surface area contributed by atoms with Crippen molar-refractivity contribution in [1.29, 1.82) is 4.78 Å². The van der Waals surface area contributed by atoms with Crippen LogP contribution in [0.15, 0.2) is 6.20 Å². The van der Waals surface area contributed by atoms with Gasteiger partial charge in [0.1, 0.15) is 7.05 Å². The standard InChI is InChI=1S/C6H12N4OS/c1-10-5-6(8-9-10)3-4-12(2,7)11/h5,7H,3-4H2,1-2H3/p+1. The van der Waals surface area contributed by atoms with E-state index in [1.165, 1.54) is 6.26 Å². The average Bonchev–Trinajstić information content (AvgIpc) is 2.30. The molecule has 0 aromatic carbocycles. The van der Waals surface area contributed by atoms with Gasteiger partial charge in [-0.15, -0.1) is 0 Å². The van der Waals surface area contributed by atoms with Gasteiger partial charge >= 0.3 is 0 Å². The van der Waals surface area contributed by atoms with Gasteiger partial charge in [-0.3, -0.25) is 8.99 Å². The van der Waals surface area contributed by atoms with Crippen molar-refractivity contribution in [2.24, 2.45) is 7.05 Å². The van der Waals surface area contributed by atoms with Crippen LogP contribution in [-0.4, -0.2) is 26.5 Å². The van der Waals surface area contributed by atoms with E-state index >= 15 is 0 Å². The number of hydrogen-bond acceptors (Lipinski definition) is 3. The number of nitrogens with zero attached hydrogens (tertiary/aromatic N) is 2. The van der Waals surface area contributed by atoms with Gasteiger partial charge in [0.25, 0.3) is 0 Å². The predicted octanol–water partition coefficient (Wildman–Crippen LogP) is -0.547. The highest BCUT2D eigenvalue weighted by Crippen LogP contribution is 1.93. The highest BCUT2D eigenvalue weighted by Gasteiger charge is 2.08. The number of H-pyrrole nitrogens is 1. The Hall–Kier alpha value is -0.910. The minimum atomic E-state index is -2.38. The van der Waals surface area contributed by atoms with Gasteiger partial charge in [0.2, 0.25) is 5.69 Å². The summed E-state index contributed by atoms with van der Waals surface area (Å²) in [4.78, 5) is 0. The van der Waals surface area contributed by atoms with Gasteiger partial charge in [0.15, 0.2) is 6.20 Å². The maximum atomic E-state index is 11.0. The average molecular weight is 189 g/mol. The van der Waals surface area contributed by atoms with Crippen molar-refractivity contribution in [2.45, 2.75) is 6.42 Å². The van der Waals surface area contributed by atoms with Crippen molar-refractivity contribution in [3.63, 3.8) is 0 Å². The number of aromatic nitrogens is 3. The molecule has 0 spiro atoms. The minimum absolute atomic E-state index is 0.373. The minimum Gasteiger partial charge on any atom is -0.253 e. The summed E-state index contributed by atoms with van der Waals surface area (Å²) < 4.78 is 19.9. The van der Waals surface area contributed by atoms with Crippen LogP contribution in [-0.2, 0) is 23.2 Å². The molecule has 1 heterocycles. The smallest absolute Gasteiger partial charge is 0.219 e. The molecule has 0 saturated heterocycles. The fourth-order valence-corrected chi connectivity index (χ4v) is 1.44. The molecule has 6 heteroatoms. The normalized spacial score (nSPS) is 15.8. The lowest BCUT2D eigenvalue weighted by Gasteiger charge is -1.93. The van der Waals surface area contributed by atoms with Crippen LogP contribution in [0.5, 0.6) is 0 Å². The first kappa shape index (κ1) is 9.18.